The molecule has 12 heavy (non-hydrogen) atoms. The molecule has 0 spiro atoms. The molecule has 1 heteroatoms. The first kappa shape index (κ1) is 12.0. The fourth-order valence-electron chi connectivity index (χ4n) is 1.05. The van der Waals surface area contributed by atoms with Gasteiger partial charge in [-0.05, 0) is 18.8 Å². The zero-order chi connectivity index (χ0) is 9.23. The van der Waals surface area contributed by atoms with Gasteiger partial charge in [-0.2, -0.15) is 0 Å². The van der Waals surface area contributed by atoms with Gasteiger partial charge in [0.25, 0.3) is 0 Å². The lowest BCUT2D eigenvalue weighted by atomic mass is 10.1. The summed E-state index contributed by atoms with van der Waals surface area (Å²) in [6.45, 7) is 8.62. The molecule has 0 rings (SSSR count). The molecular formula is C11H24O. The van der Waals surface area contributed by atoms with E-state index in [1.165, 1.54) is 32.1 Å². The van der Waals surface area contributed by atoms with Crippen molar-refractivity contribution in [3.63, 3.8) is 0 Å². The van der Waals surface area contributed by atoms with Gasteiger partial charge in [-0.25, -0.2) is 0 Å². The van der Waals surface area contributed by atoms with E-state index in [-0.39, 0.29) is 0 Å². The highest BCUT2D eigenvalue weighted by Gasteiger charge is 1.93. The van der Waals surface area contributed by atoms with Crippen LogP contribution in [0.4, 0.5) is 0 Å². The highest BCUT2D eigenvalue weighted by molar-refractivity contribution is 4.43. The summed E-state index contributed by atoms with van der Waals surface area (Å²) in [7, 11) is 0. The molecule has 0 saturated heterocycles. The summed E-state index contributed by atoms with van der Waals surface area (Å²) in [6, 6.07) is 0. The van der Waals surface area contributed by atoms with Crippen molar-refractivity contribution in [2.24, 2.45) is 5.92 Å². The van der Waals surface area contributed by atoms with E-state index in [9.17, 15) is 0 Å². The average molecular weight is 172 g/mol. The molecule has 0 bridgehead atoms. The molecule has 0 aliphatic rings. The summed E-state index contributed by atoms with van der Waals surface area (Å²) >= 11 is 0. The molecule has 0 aromatic heterocycles. The van der Waals surface area contributed by atoms with Crippen molar-refractivity contribution >= 4 is 0 Å². The Kier molecular flexibility index (Phi) is 9.02. The fraction of sp³-hybridized carbons (Fsp3) is 1.00. The van der Waals surface area contributed by atoms with Crippen molar-refractivity contribution in [2.45, 2.75) is 52.9 Å². The van der Waals surface area contributed by atoms with Crippen molar-refractivity contribution in [2.75, 3.05) is 13.2 Å². The lowest BCUT2D eigenvalue weighted by molar-refractivity contribution is 0.119. The highest BCUT2D eigenvalue weighted by Crippen LogP contribution is 2.01. The van der Waals surface area contributed by atoms with Crippen LogP contribution in [-0.2, 0) is 4.74 Å². The summed E-state index contributed by atoms with van der Waals surface area (Å²) in [5, 5.41) is 0. The Morgan fingerprint density at radius 2 is 1.75 bits per heavy atom. The number of ether oxygens (including phenoxy) is 1. The largest absolute Gasteiger partial charge is 0.381 e. The SMILES string of the molecule is CCCCCCOCCC(C)C. The van der Waals surface area contributed by atoms with Gasteiger partial charge in [0.2, 0.25) is 0 Å². The van der Waals surface area contributed by atoms with E-state index >= 15 is 0 Å². The van der Waals surface area contributed by atoms with E-state index in [1.807, 2.05) is 0 Å². The van der Waals surface area contributed by atoms with Gasteiger partial charge in [0.05, 0.1) is 0 Å². The second-order valence-electron chi connectivity index (χ2n) is 3.86. The van der Waals surface area contributed by atoms with Crippen LogP contribution in [0.3, 0.4) is 0 Å². The quantitative estimate of drug-likeness (QED) is 0.508. The van der Waals surface area contributed by atoms with Gasteiger partial charge in [-0.15, -0.1) is 0 Å². The Hall–Kier alpha value is -0.0400. The Labute approximate surface area is 77.5 Å². The van der Waals surface area contributed by atoms with Gasteiger partial charge < -0.3 is 4.74 Å². The summed E-state index contributed by atoms with van der Waals surface area (Å²) < 4.78 is 5.49. The van der Waals surface area contributed by atoms with Gasteiger partial charge in [-0.1, -0.05) is 40.0 Å². The van der Waals surface area contributed by atoms with E-state index in [1.54, 1.807) is 0 Å². The van der Waals surface area contributed by atoms with Crippen LogP contribution < -0.4 is 0 Å². The van der Waals surface area contributed by atoms with Gasteiger partial charge in [0.1, 0.15) is 0 Å². The smallest absolute Gasteiger partial charge is 0.0468 e. The Balaban J connectivity index is 2.82. The first-order valence-corrected chi connectivity index (χ1v) is 5.35. The van der Waals surface area contributed by atoms with E-state index in [2.05, 4.69) is 20.8 Å². The molecule has 0 amide bonds. The van der Waals surface area contributed by atoms with E-state index < -0.39 is 0 Å². The van der Waals surface area contributed by atoms with Crippen molar-refractivity contribution in [1.82, 2.24) is 0 Å². The molecule has 0 heterocycles. The fourth-order valence-corrected chi connectivity index (χ4v) is 1.05. The second-order valence-corrected chi connectivity index (χ2v) is 3.86. The maximum absolute atomic E-state index is 5.49. The molecule has 1 nitrogen and oxygen atoms in total. The average Bonchev–Trinajstić information content (AvgIpc) is 2.02. The van der Waals surface area contributed by atoms with Crippen LogP contribution in [-0.4, -0.2) is 13.2 Å². The summed E-state index contributed by atoms with van der Waals surface area (Å²) in [4.78, 5) is 0. The molecule has 0 N–H and O–H groups in total. The summed E-state index contributed by atoms with van der Waals surface area (Å²) in [5.74, 6) is 0.778. The lowest BCUT2D eigenvalue weighted by Crippen LogP contribution is -2.00. The second kappa shape index (κ2) is 9.05. The minimum Gasteiger partial charge on any atom is -0.381 e. The predicted molar refractivity (Wildman–Crippen MR) is 54.4 cm³/mol. The maximum atomic E-state index is 5.49. The van der Waals surface area contributed by atoms with Crippen LogP contribution in [0.1, 0.15) is 52.9 Å². The van der Waals surface area contributed by atoms with Gasteiger partial charge in [-0.3, -0.25) is 0 Å². The highest BCUT2D eigenvalue weighted by atomic mass is 16.5. The molecule has 74 valence electrons. The first-order chi connectivity index (χ1) is 5.77. The summed E-state index contributed by atoms with van der Waals surface area (Å²) in [5.41, 5.74) is 0. The lowest BCUT2D eigenvalue weighted by Gasteiger charge is -2.05. The topological polar surface area (TPSA) is 9.23 Å². The molecular weight excluding hydrogens is 148 g/mol. The standard InChI is InChI=1S/C11H24O/c1-4-5-6-7-9-12-10-8-11(2)3/h11H,4-10H2,1-3H3. The zero-order valence-corrected chi connectivity index (χ0v) is 8.94. The minimum atomic E-state index is 0.778. The van der Waals surface area contributed by atoms with Crippen molar-refractivity contribution in [3.8, 4) is 0 Å². The minimum absolute atomic E-state index is 0.778. The van der Waals surface area contributed by atoms with Crippen molar-refractivity contribution in [3.05, 3.63) is 0 Å². The maximum Gasteiger partial charge on any atom is 0.0468 e. The molecule has 0 aromatic rings. The third-order valence-electron chi connectivity index (χ3n) is 1.98. The van der Waals surface area contributed by atoms with E-state index in [4.69, 9.17) is 4.74 Å². The van der Waals surface area contributed by atoms with Gasteiger partial charge >= 0.3 is 0 Å². The molecule has 0 aliphatic heterocycles. The Morgan fingerprint density at radius 1 is 1.00 bits per heavy atom. The van der Waals surface area contributed by atoms with Crippen LogP contribution in [0.2, 0.25) is 0 Å². The number of unbranched alkanes of at least 4 members (excludes halogenated alkanes) is 3. The molecule has 0 atom stereocenters. The molecule has 0 unspecified atom stereocenters. The van der Waals surface area contributed by atoms with E-state index in [0.29, 0.717) is 0 Å². The van der Waals surface area contributed by atoms with Crippen molar-refractivity contribution in [1.29, 1.82) is 0 Å². The first-order valence-electron chi connectivity index (χ1n) is 5.35. The van der Waals surface area contributed by atoms with Crippen LogP contribution in [0.5, 0.6) is 0 Å². The predicted octanol–water partition coefficient (Wildman–Crippen LogP) is 3.63. The molecule has 0 fully saturated rings. The van der Waals surface area contributed by atoms with E-state index in [0.717, 1.165) is 19.1 Å². The summed E-state index contributed by atoms with van der Waals surface area (Å²) in [6.07, 6.45) is 6.44. The normalized spacial score (nSPS) is 11.0. The number of rotatable bonds is 8. The zero-order valence-electron chi connectivity index (χ0n) is 8.94. The van der Waals surface area contributed by atoms with Gasteiger partial charge in [0, 0.05) is 13.2 Å². The van der Waals surface area contributed by atoms with Crippen molar-refractivity contribution < 1.29 is 4.74 Å². The third kappa shape index (κ3) is 9.96. The van der Waals surface area contributed by atoms with Crippen LogP contribution in [0, 0.1) is 5.92 Å². The Bertz CT molecular complexity index is 79.1. The van der Waals surface area contributed by atoms with Crippen LogP contribution in [0.15, 0.2) is 0 Å². The van der Waals surface area contributed by atoms with Gasteiger partial charge in [0.15, 0.2) is 0 Å². The van der Waals surface area contributed by atoms with Crippen LogP contribution >= 0.6 is 0 Å². The molecule has 0 saturated carbocycles. The molecule has 0 radical (unpaired) electrons. The van der Waals surface area contributed by atoms with Crippen LogP contribution in [0.25, 0.3) is 0 Å². The number of hydrogen-bond donors (Lipinski definition) is 0. The third-order valence-corrected chi connectivity index (χ3v) is 1.98. The molecule has 0 aliphatic carbocycles. The monoisotopic (exact) mass is 172 g/mol. The number of hydrogen-bond acceptors (Lipinski definition) is 1. The molecule has 0 aromatic carbocycles. The Morgan fingerprint density at radius 3 is 2.33 bits per heavy atom.